The summed E-state index contributed by atoms with van der Waals surface area (Å²) in [5, 5.41) is 76.9. The summed E-state index contributed by atoms with van der Waals surface area (Å²) in [4.78, 5) is 39.6. The Bertz CT molecular complexity index is 1190. The van der Waals surface area contributed by atoms with Crippen LogP contribution in [0.2, 0.25) is 0 Å². The molecule has 34 heavy (non-hydrogen) atoms. The molecule has 0 radical (unpaired) electrons. The number of piperidine rings is 1. The molecule has 1 saturated heterocycles. The summed E-state index contributed by atoms with van der Waals surface area (Å²) in [5.41, 5.74) is 0.476. The fourth-order valence-corrected chi connectivity index (χ4v) is 4.13. The largest absolute Gasteiger partial charge is 0.361 e. The third kappa shape index (κ3) is 3.39. The van der Waals surface area contributed by atoms with Crippen molar-refractivity contribution in [1.29, 1.82) is 5.26 Å². The van der Waals surface area contributed by atoms with Crippen molar-refractivity contribution >= 4 is 23.0 Å². The fraction of sp³-hybridized carbons (Fsp3) is 0.556. The van der Waals surface area contributed by atoms with Crippen molar-refractivity contribution in [3.8, 4) is 6.07 Å². The summed E-state index contributed by atoms with van der Waals surface area (Å²) < 4.78 is 0. The number of likely N-dealkylation sites (N-methyl/N-ethyl adjacent to an activating group) is 1. The molecule has 5 unspecified atom stereocenters. The number of fused-ring (bicyclic) bond motifs is 3. The number of nitriles is 1. The second-order valence-electron chi connectivity index (χ2n) is 8.40. The summed E-state index contributed by atoms with van der Waals surface area (Å²) in [6.07, 6.45) is 1.82. The normalized spacial score (nSPS) is 31.8. The molecule has 0 spiro atoms. The highest BCUT2D eigenvalue weighted by atomic mass is 17.3. The van der Waals surface area contributed by atoms with E-state index in [1.807, 2.05) is 6.08 Å². The van der Waals surface area contributed by atoms with Gasteiger partial charge in [-0.25, -0.2) is 10.1 Å². The number of Topliss-reactive ketones (excluding diaryl/α,β-unsaturated/α-hetero) is 1. The number of carbonyl (C=O) groups is 1. The van der Waals surface area contributed by atoms with Crippen molar-refractivity contribution in [2.24, 2.45) is 5.92 Å². The summed E-state index contributed by atoms with van der Waals surface area (Å²) in [6, 6.07) is -0.775. The molecule has 16 heteroatoms. The van der Waals surface area contributed by atoms with Crippen molar-refractivity contribution in [1.82, 2.24) is 15.3 Å². The Balaban J connectivity index is 1.68. The quantitative estimate of drug-likeness (QED) is 0.0805. The van der Waals surface area contributed by atoms with Gasteiger partial charge in [0.1, 0.15) is 23.7 Å². The van der Waals surface area contributed by atoms with Crippen molar-refractivity contribution in [2.45, 2.75) is 49.3 Å². The molecule has 0 bridgehead atoms. The van der Waals surface area contributed by atoms with Gasteiger partial charge in [-0.1, -0.05) is 13.0 Å². The topological polar surface area (TPSA) is 254 Å². The van der Waals surface area contributed by atoms with Gasteiger partial charge in [0.15, 0.2) is 0 Å². The third-order valence-electron chi connectivity index (χ3n) is 6.11. The van der Waals surface area contributed by atoms with E-state index in [9.17, 15) is 40.2 Å². The number of nitrogens with one attached hydrogen (secondary N) is 3. The van der Waals surface area contributed by atoms with E-state index in [-0.39, 0.29) is 11.9 Å². The molecule has 2 aliphatic heterocycles. The molecule has 16 nitrogen and oxygen atoms in total. The minimum atomic E-state index is -3.58. The molecule has 1 aromatic heterocycles. The molecule has 0 amide bonds. The zero-order valence-corrected chi connectivity index (χ0v) is 18.0. The van der Waals surface area contributed by atoms with Gasteiger partial charge in [-0.2, -0.15) is 20.0 Å². The van der Waals surface area contributed by atoms with E-state index in [0.29, 0.717) is 11.4 Å². The number of aromatic nitrogens is 2. The monoisotopic (exact) mass is 482 g/mol. The zero-order chi connectivity index (χ0) is 25.4. The van der Waals surface area contributed by atoms with Crippen molar-refractivity contribution in [3.05, 3.63) is 22.1 Å². The van der Waals surface area contributed by atoms with Gasteiger partial charge in [0.05, 0.1) is 11.6 Å². The molecule has 0 saturated carbocycles. The first-order valence-corrected chi connectivity index (χ1v) is 9.86. The van der Waals surface area contributed by atoms with Crippen LogP contribution in [-0.2, 0) is 14.6 Å². The maximum atomic E-state index is 12.0. The summed E-state index contributed by atoms with van der Waals surface area (Å²) in [5.74, 6) is -16.1. The molecule has 1 aliphatic carbocycles. The van der Waals surface area contributed by atoms with Crippen LogP contribution >= 0.6 is 0 Å². The summed E-state index contributed by atoms with van der Waals surface area (Å²) in [6.45, 7) is 1.83. The van der Waals surface area contributed by atoms with Gasteiger partial charge in [0, 0.05) is 19.9 Å². The number of aliphatic hydroxyl groups is 6. The lowest BCUT2D eigenvalue weighted by Crippen LogP contribution is -2.84. The SMILES string of the molecule is CC(=O)C(O)(C#N)OOC1(O)NC(O)(O)C(N(C)c2nc(=O)[nH]c3c2C2=CC2N3)C(C)C1(O)O. The number of rotatable bonds is 6. The van der Waals surface area contributed by atoms with E-state index >= 15 is 0 Å². The maximum absolute atomic E-state index is 12.0. The Morgan fingerprint density at radius 2 is 1.97 bits per heavy atom. The molecule has 9 N–H and O–H groups in total. The van der Waals surface area contributed by atoms with Crippen LogP contribution in [0.15, 0.2) is 10.9 Å². The van der Waals surface area contributed by atoms with Crippen LogP contribution in [0.25, 0.3) is 5.57 Å². The molecule has 0 aromatic carbocycles. The average Bonchev–Trinajstić information content (AvgIpc) is 3.39. The number of carbonyl (C=O) groups excluding carboxylic acids is 1. The van der Waals surface area contributed by atoms with Crippen LogP contribution in [0.3, 0.4) is 0 Å². The fourth-order valence-electron chi connectivity index (χ4n) is 4.13. The van der Waals surface area contributed by atoms with Crippen LogP contribution in [-0.4, -0.2) is 88.9 Å². The molecule has 4 rings (SSSR count). The number of H-pyrrole nitrogens is 1. The van der Waals surface area contributed by atoms with Gasteiger partial charge >= 0.3 is 17.4 Å². The lowest BCUT2D eigenvalue weighted by atomic mass is 9.82. The predicted molar refractivity (Wildman–Crippen MR) is 107 cm³/mol. The van der Waals surface area contributed by atoms with Gasteiger partial charge in [0.25, 0.3) is 0 Å². The standard InChI is InChI=1S/C18H22N6O10/c1-6-11(24(3)13-10-8-4-9(8)20-12(10)21-14(26)22-13)17(30,31)23-18(32,16(6,28)29)34-33-15(27,5-19)7(2)25/h4,6,9,11,23,27-32H,1-3H3,(H2,20,21,22,26). The van der Waals surface area contributed by atoms with Gasteiger partial charge in [-0.3, -0.25) is 9.78 Å². The predicted octanol–water partition coefficient (Wildman–Crippen LogP) is -4.28. The minimum absolute atomic E-state index is 0.0301. The highest BCUT2D eigenvalue weighted by Crippen LogP contribution is 2.49. The van der Waals surface area contributed by atoms with E-state index in [1.54, 1.807) is 5.32 Å². The molecular weight excluding hydrogens is 460 g/mol. The molecule has 5 atom stereocenters. The first-order chi connectivity index (χ1) is 15.6. The van der Waals surface area contributed by atoms with E-state index in [4.69, 9.17) is 5.26 Å². The van der Waals surface area contributed by atoms with Crippen LogP contribution < -0.4 is 21.2 Å². The highest BCUT2D eigenvalue weighted by Gasteiger charge is 2.69. The van der Waals surface area contributed by atoms with Gasteiger partial charge < -0.3 is 40.9 Å². The molecule has 184 valence electrons. The van der Waals surface area contributed by atoms with Crippen LogP contribution in [0.1, 0.15) is 19.4 Å². The lowest BCUT2D eigenvalue weighted by molar-refractivity contribution is -0.555. The van der Waals surface area contributed by atoms with E-state index in [0.717, 1.165) is 30.4 Å². The summed E-state index contributed by atoms with van der Waals surface area (Å²) in [7, 11) is 1.30. The number of nitrogens with zero attached hydrogens (tertiary/aromatic N) is 3. The molecular formula is C18H22N6O10. The summed E-state index contributed by atoms with van der Waals surface area (Å²) >= 11 is 0. The first kappa shape index (κ1) is 24.2. The van der Waals surface area contributed by atoms with Crippen molar-refractivity contribution in [2.75, 3.05) is 17.3 Å². The van der Waals surface area contributed by atoms with Crippen LogP contribution in [0.4, 0.5) is 11.6 Å². The first-order valence-electron chi connectivity index (χ1n) is 9.86. The Kier molecular flexibility index (Phi) is 5.16. The minimum Gasteiger partial charge on any atom is -0.361 e. The van der Waals surface area contributed by atoms with Gasteiger partial charge in [-0.05, 0) is 5.57 Å². The Labute approximate surface area is 190 Å². The smallest absolute Gasteiger partial charge is 0.348 e. The van der Waals surface area contributed by atoms with Crippen molar-refractivity contribution < 1.29 is 45.2 Å². The van der Waals surface area contributed by atoms with Gasteiger partial charge in [-0.15, -0.1) is 0 Å². The van der Waals surface area contributed by atoms with Crippen molar-refractivity contribution in [3.63, 3.8) is 0 Å². The molecule has 1 aromatic rings. The highest BCUT2D eigenvalue weighted by molar-refractivity contribution is 6.00. The third-order valence-corrected chi connectivity index (χ3v) is 6.11. The Hall–Kier alpha value is -2.98. The second kappa shape index (κ2) is 7.26. The van der Waals surface area contributed by atoms with Gasteiger partial charge in [0.2, 0.25) is 17.5 Å². The lowest BCUT2D eigenvalue weighted by Gasteiger charge is -2.55. The zero-order valence-electron chi connectivity index (χ0n) is 18.0. The number of ketones is 1. The van der Waals surface area contributed by atoms with Crippen LogP contribution in [0, 0.1) is 17.2 Å². The number of aromatic amines is 1. The van der Waals surface area contributed by atoms with E-state index < -0.39 is 46.8 Å². The number of anilines is 2. The maximum Gasteiger partial charge on any atom is 0.348 e. The average molecular weight is 482 g/mol. The molecule has 3 heterocycles. The van der Waals surface area contributed by atoms with Crippen LogP contribution in [0.5, 0.6) is 0 Å². The van der Waals surface area contributed by atoms with E-state index in [2.05, 4.69) is 25.1 Å². The molecule has 1 fully saturated rings. The second-order valence-corrected chi connectivity index (χ2v) is 8.40. The van der Waals surface area contributed by atoms with E-state index in [1.165, 1.54) is 7.05 Å². The number of hydrogen-bond donors (Lipinski definition) is 9. The molecule has 3 aliphatic rings. The Morgan fingerprint density at radius 1 is 1.32 bits per heavy atom. The number of hydrogen-bond acceptors (Lipinski definition) is 15. The Morgan fingerprint density at radius 3 is 2.56 bits per heavy atom.